The second-order valence-electron chi connectivity index (χ2n) is 5.73. The van der Waals surface area contributed by atoms with Gasteiger partial charge in [-0.25, -0.2) is 4.79 Å². The number of aryl methyl sites for hydroxylation is 2. The zero-order valence-corrected chi connectivity index (χ0v) is 12.8. The van der Waals surface area contributed by atoms with Crippen LogP contribution in [0.2, 0.25) is 0 Å². The van der Waals surface area contributed by atoms with Gasteiger partial charge in [-0.3, -0.25) is 0 Å². The molecular formula is C20H18O2. The maximum atomic E-state index is 11.5. The van der Waals surface area contributed by atoms with Crippen molar-refractivity contribution >= 4 is 16.7 Å². The first-order valence-corrected chi connectivity index (χ1v) is 7.36. The SMILES string of the molecule is Cc1ccc(Cc2cccc3cccc(C(=O)O)c23)c(C)c1. The zero-order chi connectivity index (χ0) is 15.7. The Morgan fingerprint density at radius 1 is 0.955 bits per heavy atom. The van der Waals surface area contributed by atoms with Crippen LogP contribution in [0.25, 0.3) is 10.8 Å². The highest BCUT2D eigenvalue weighted by Crippen LogP contribution is 2.26. The molecule has 0 radical (unpaired) electrons. The Morgan fingerprint density at radius 2 is 1.68 bits per heavy atom. The van der Waals surface area contributed by atoms with Crippen LogP contribution in [-0.4, -0.2) is 11.1 Å². The number of rotatable bonds is 3. The minimum Gasteiger partial charge on any atom is -0.478 e. The van der Waals surface area contributed by atoms with Crippen molar-refractivity contribution in [3.05, 3.63) is 82.4 Å². The normalized spacial score (nSPS) is 10.8. The first kappa shape index (κ1) is 14.3. The molecule has 2 heteroatoms. The van der Waals surface area contributed by atoms with Crippen LogP contribution in [0.1, 0.15) is 32.6 Å². The van der Waals surface area contributed by atoms with Crippen LogP contribution in [0.15, 0.2) is 54.6 Å². The van der Waals surface area contributed by atoms with Crippen molar-refractivity contribution in [2.45, 2.75) is 20.3 Å². The lowest BCUT2D eigenvalue weighted by molar-refractivity contribution is 0.0699. The van der Waals surface area contributed by atoms with Gasteiger partial charge in [-0.1, -0.05) is 54.1 Å². The van der Waals surface area contributed by atoms with Gasteiger partial charge in [0.25, 0.3) is 0 Å². The fourth-order valence-electron chi connectivity index (χ4n) is 2.99. The second kappa shape index (κ2) is 5.64. The number of carbonyl (C=O) groups is 1. The molecule has 0 aliphatic carbocycles. The van der Waals surface area contributed by atoms with E-state index in [1.54, 1.807) is 12.1 Å². The number of hydrogen-bond acceptors (Lipinski definition) is 1. The molecule has 1 N–H and O–H groups in total. The van der Waals surface area contributed by atoms with Gasteiger partial charge in [0, 0.05) is 0 Å². The van der Waals surface area contributed by atoms with E-state index in [2.05, 4.69) is 32.0 Å². The standard InChI is InChI=1S/C20H18O2/c1-13-9-10-16(14(2)11-13)12-17-7-3-5-15-6-4-8-18(19(15)17)20(21)22/h3-11H,12H2,1-2H3,(H,21,22). The van der Waals surface area contributed by atoms with E-state index >= 15 is 0 Å². The van der Waals surface area contributed by atoms with Crippen LogP contribution >= 0.6 is 0 Å². The highest BCUT2D eigenvalue weighted by Gasteiger charge is 2.12. The molecule has 0 bridgehead atoms. The van der Waals surface area contributed by atoms with Crippen molar-refractivity contribution < 1.29 is 9.90 Å². The molecule has 0 unspecified atom stereocenters. The molecule has 3 aromatic carbocycles. The van der Waals surface area contributed by atoms with Gasteiger partial charge >= 0.3 is 5.97 Å². The number of carboxylic acids is 1. The van der Waals surface area contributed by atoms with Gasteiger partial charge in [-0.05, 0) is 53.8 Å². The summed E-state index contributed by atoms with van der Waals surface area (Å²) in [4.78, 5) is 11.5. The third-order valence-corrected chi connectivity index (χ3v) is 4.10. The molecular weight excluding hydrogens is 272 g/mol. The maximum absolute atomic E-state index is 11.5. The number of fused-ring (bicyclic) bond motifs is 1. The van der Waals surface area contributed by atoms with Crippen LogP contribution in [0, 0.1) is 13.8 Å². The summed E-state index contributed by atoms with van der Waals surface area (Å²) in [6.45, 7) is 4.18. The molecule has 0 aliphatic rings. The van der Waals surface area contributed by atoms with Crippen LogP contribution in [0.4, 0.5) is 0 Å². The van der Waals surface area contributed by atoms with Gasteiger partial charge in [-0.2, -0.15) is 0 Å². The predicted molar refractivity (Wildman–Crippen MR) is 89.6 cm³/mol. The molecule has 0 saturated heterocycles. The lowest BCUT2D eigenvalue weighted by Gasteiger charge is -2.12. The summed E-state index contributed by atoms with van der Waals surface area (Å²) < 4.78 is 0. The fourth-order valence-corrected chi connectivity index (χ4v) is 2.99. The average molecular weight is 290 g/mol. The highest BCUT2D eigenvalue weighted by atomic mass is 16.4. The van der Waals surface area contributed by atoms with Crippen molar-refractivity contribution in [3.8, 4) is 0 Å². The van der Waals surface area contributed by atoms with Crippen molar-refractivity contribution in [1.29, 1.82) is 0 Å². The molecule has 0 saturated carbocycles. The molecule has 3 rings (SSSR count). The molecule has 110 valence electrons. The molecule has 3 aromatic rings. The van der Waals surface area contributed by atoms with E-state index < -0.39 is 5.97 Å². The zero-order valence-electron chi connectivity index (χ0n) is 12.8. The third kappa shape index (κ3) is 2.60. The van der Waals surface area contributed by atoms with Crippen LogP contribution < -0.4 is 0 Å². The Kier molecular flexibility index (Phi) is 3.68. The second-order valence-corrected chi connectivity index (χ2v) is 5.73. The maximum Gasteiger partial charge on any atom is 0.336 e. The number of benzene rings is 3. The minimum atomic E-state index is -0.876. The first-order valence-electron chi connectivity index (χ1n) is 7.36. The van der Waals surface area contributed by atoms with E-state index in [1.165, 1.54) is 16.7 Å². The lowest BCUT2D eigenvalue weighted by Crippen LogP contribution is -2.01. The number of aromatic carboxylic acids is 1. The Labute approximate surface area is 130 Å². The quantitative estimate of drug-likeness (QED) is 0.756. The van der Waals surface area contributed by atoms with Gasteiger partial charge in [0.15, 0.2) is 0 Å². The smallest absolute Gasteiger partial charge is 0.336 e. The molecule has 0 atom stereocenters. The molecule has 0 amide bonds. The molecule has 0 aliphatic heterocycles. The molecule has 0 heterocycles. The van der Waals surface area contributed by atoms with Crippen molar-refractivity contribution in [1.82, 2.24) is 0 Å². The summed E-state index contributed by atoms with van der Waals surface area (Å²) in [7, 11) is 0. The van der Waals surface area contributed by atoms with E-state index in [9.17, 15) is 9.90 Å². The van der Waals surface area contributed by atoms with Gasteiger partial charge in [0.2, 0.25) is 0 Å². The van der Waals surface area contributed by atoms with E-state index in [1.807, 2.05) is 24.3 Å². The number of carboxylic acid groups (broad SMARTS) is 1. The van der Waals surface area contributed by atoms with Gasteiger partial charge in [0.05, 0.1) is 5.56 Å². The minimum absolute atomic E-state index is 0.373. The Hall–Kier alpha value is -2.61. The molecule has 0 aromatic heterocycles. The van der Waals surface area contributed by atoms with E-state index in [-0.39, 0.29) is 0 Å². The summed E-state index contributed by atoms with van der Waals surface area (Å²) in [5.41, 5.74) is 5.15. The van der Waals surface area contributed by atoms with Crippen molar-refractivity contribution in [2.24, 2.45) is 0 Å². The van der Waals surface area contributed by atoms with Gasteiger partial charge in [0.1, 0.15) is 0 Å². The lowest BCUT2D eigenvalue weighted by atomic mass is 9.93. The number of hydrogen-bond donors (Lipinski definition) is 1. The van der Waals surface area contributed by atoms with Crippen LogP contribution in [0.3, 0.4) is 0 Å². The monoisotopic (exact) mass is 290 g/mol. The highest BCUT2D eigenvalue weighted by molar-refractivity contribution is 6.05. The summed E-state index contributed by atoms with van der Waals surface area (Å²) in [5, 5.41) is 11.3. The first-order chi connectivity index (χ1) is 10.6. The summed E-state index contributed by atoms with van der Waals surface area (Å²) in [6, 6.07) is 17.8. The predicted octanol–water partition coefficient (Wildman–Crippen LogP) is 4.75. The summed E-state index contributed by atoms with van der Waals surface area (Å²) in [6.07, 6.45) is 0.744. The molecule has 2 nitrogen and oxygen atoms in total. The Morgan fingerprint density at radius 3 is 2.36 bits per heavy atom. The van der Waals surface area contributed by atoms with E-state index in [0.29, 0.717) is 5.56 Å². The summed E-state index contributed by atoms with van der Waals surface area (Å²) >= 11 is 0. The molecule has 0 spiro atoms. The van der Waals surface area contributed by atoms with Gasteiger partial charge < -0.3 is 5.11 Å². The largest absolute Gasteiger partial charge is 0.478 e. The third-order valence-electron chi connectivity index (χ3n) is 4.10. The topological polar surface area (TPSA) is 37.3 Å². The van der Waals surface area contributed by atoms with Gasteiger partial charge in [-0.15, -0.1) is 0 Å². The fraction of sp³-hybridized carbons (Fsp3) is 0.150. The van der Waals surface area contributed by atoms with Crippen molar-refractivity contribution in [3.63, 3.8) is 0 Å². The van der Waals surface area contributed by atoms with E-state index in [0.717, 1.165) is 22.8 Å². The Balaban J connectivity index is 2.16. The average Bonchev–Trinajstić information content (AvgIpc) is 2.49. The van der Waals surface area contributed by atoms with Crippen LogP contribution in [0.5, 0.6) is 0 Å². The molecule has 0 fully saturated rings. The van der Waals surface area contributed by atoms with E-state index in [4.69, 9.17) is 0 Å². The van der Waals surface area contributed by atoms with Crippen molar-refractivity contribution in [2.75, 3.05) is 0 Å². The Bertz CT molecular complexity index is 857. The molecule has 22 heavy (non-hydrogen) atoms. The van der Waals surface area contributed by atoms with Crippen LogP contribution in [-0.2, 0) is 6.42 Å². The summed E-state index contributed by atoms with van der Waals surface area (Å²) in [5.74, 6) is -0.876.